The van der Waals surface area contributed by atoms with E-state index in [0.29, 0.717) is 13.1 Å². The highest BCUT2D eigenvalue weighted by Crippen LogP contribution is 2.28. The average Bonchev–Trinajstić information content (AvgIpc) is 3.09. The van der Waals surface area contributed by atoms with E-state index >= 15 is 0 Å². The van der Waals surface area contributed by atoms with Crippen molar-refractivity contribution in [3.05, 3.63) is 53.4 Å². The molecular formula is C19H20N2O2S. The Bertz CT molecular complexity index is 752. The maximum atomic E-state index is 12.3. The number of likely N-dealkylation sites (tertiary alicyclic amines) is 1. The molecule has 4 nitrogen and oxygen atoms in total. The number of hydrogen-bond acceptors (Lipinski definition) is 3. The number of hydrogen-bond donors (Lipinski definition) is 1. The molecule has 0 saturated carbocycles. The number of benzene rings is 1. The van der Waals surface area contributed by atoms with Crippen LogP contribution in [0.4, 0.5) is 0 Å². The predicted octanol–water partition coefficient (Wildman–Crippen LogP) is 3.15. The number of thiophene rings is 1. The van der Waals surface area contributed by atoms with Crippen molar-refractivity contribution < 1.29 is 9.59 Å². The lowest BCUT2D eigenvalue weighted by molar-refractivity contribution is -0.130. The van der Waals surface area contributed by atoms with E-state index in [0.717, 1.165) is 17.7 Å². The summed E-state index contributed by atoms with van der Waals surface area (Å²) < 4.78 is 0. The third kappa shape index (κ3) is 3.92. The number of primary amides is 1. The Morgan fingerprint density at radius 1 is 1.17 bits per heavy atom. The lowest BCUT2D eigenvalue weighted by Crippen LogP contribution is -2.43. The standard InChI is InChI=1S/C19H20N2O2S/c20-19(23)15-7-4-12-21(13-15)18(22)11-9-16-8-10-17(24-16)14-5-2-1-3-6-14/h1-3,5-6,8-11,15H,4,7,12-13H2,(H2,20,23)/b11-9+. The zero-order valence-corrected chi connectivity index (χ0v) is 14.2. The summed E-state index contributed by atoms with van der Waals surface area (Å²) in [6, 6.07) is 14.2. The first-order valence-electron chi connectivity index (χ1n) is 8.05. The molecular weight excluding hydrogens is 320 g/mol. The third-order valence-electron chi connectivity index (χ3n) is 4.21. The van der Waals surface area contributed by atoms with Gasteiger partial charge in [-0.05, 0) is 36.6 Å². The van der Waals surface area contributed by atoms with Gasteiger partial charge < -0.3 is 10.6 Å². The summed E-state index contributed by atoms with van der Waals surface area (Å²) >= 11 is 1.65. The van der Waals surface area contributed by atoms with Gasteiger partial charge in [-0.2, -0.15) is 0 Å². The first-order valence-corrected chi connectivity index (χ1v) is 8.86. The van der Waals surface area contributed by atoms with Gasteiger partial charge in [-0.1, -0.05) is 30.3 Å². The van der Waals surface area contributed by atoms with Crippen molar-refractivity contribution in [2.75, 3.05) is 13.1 Å². The van der Waals surface area contributed by atoms with Crippen LogP contribution < -0.4 is 5.73 Å². The maximum absolute atomic E-state index is 12.3. The number of rotatable bonds is 4. The van der Waals surface area contributed by atoms with Gasteiger partial charge in [-0.3, -0.25) is 9.59 Å². The minimum atomic E-state index is -0.317. The lowest BCUT2D eigenvalue weighted by atomic mass is 9.97. The van der Waals surface area contributed by atoms with Gasteiger partial charge in [0.15, 0.2) is 0 Å². The number of carbonyl (C=O) groups is 2. The van der Waals surface area contributed by atoms with Gasteiger partial charge in [0.1, 0.15) is 0 Å². The van der Waals surface area contributed by atoms with Gasteiger partial charge in [0, 0.05) is 28.9 Å². The molecule has 0 aliphatic carbocycles. The molecule has 5 heteroatoms. The molecule has 1 atom stereocenters. The Morgan fingerprint density at radius 3 is 2.71 bits per heavy atom. The highest BCUT2D eigenvalue weighted by molar-refractivity contribution is 7.16. The van der Waals surface area contributed by atoms with Crippen LogP contribution in [-0.4, -0.2) is 29.8 Å². The summed E-state index contributed by atoms with van der Waals surface area (Å²) in [4.78, 5) is 27.5. The molecule has 1 saturated heterocycles. The Hall–Kier alpha value is -2.40. The first kappa shape index (κ1) is 16.5. The van der Waals surface area contributed by atoms with Crippen LogP contribution >= 0.6 is 11.3 Å². The van der Waals surface area contributed by atoms with Crippen LogP contribution in [0.5, 0.6) is 0 Å². The largest absolute Gasteiger partial charge is 0.369 e. The molecule has 24 heavy (non-hydrogen) atoms. The lowest BCUT2D eigenvalue weighted by Gasteiger charge is -2.30. The Morgan fingerprint density at radius 2 is 1.96 bits per heavy atom. The van der Waals surface area contributed by atoms with E-state index in [9.17, 15) is 9.59 Å². The summed E-state index contributed by atoms with van der Waals surface area (Å²) in [7, 11) is 0. The highest BCUT2D eigenvalue weighted by Gasteiger charge is 2.25. The van der Waals surface area contributed by atoms with E-state index in [2.05, 4.69) is 18.2 Å². The zero-order chi connectivity index (χ0) is 16.9. The van der Waals surface area contributed by atoms with Crippen molar-refractivity contribution in [1.82, 2.24) is 4.90 Å². The molecule has 0 bridgehead atoms. The van der Waals surface area contributed by atoms with Crippen LogP contribution in [0.3, 0.4) is 0 Å². The topological polar surface area (TPSA) is 63.4 Å². The fraction of sp³-hybridized carbons (Fsp3) is 0.263. The Kier molecular flexibility index (Phi) is 5.11. The molecule has 1 aromatic heterocycles. The molecule has 1 aliphatic rings. The van der Waals surface area contributed by atoms with Gasteiger partial charge in [0.2, 0.25) is 11.8 Å². The summed E-state index contributed by atoms with van der Waals surface area (Å²) in [5.74, 6) is -0.597. The molecule has 2 aromatic rings. The molecule has 1 aliphatic heterocycles. The fourth-order valence-corrected chi connectivity index (χ4v) is 3.78. The molecule has 1 aromatic carbocycles. The third-order valence-corrected chi connectivity index (χ3v) is 5.31. The summed E-state index contributed by atoms with van der Waals surface area (Å²) in [5.41, 5.74) is 6.53. The minimum Gasteiger partial charge on any atom is -0.369 e. The molecule has 2 heterocycles. The minimum absolute atomic E-state index is 0.0596. The van der Waals surface area contributed by atoms with E-state index < -0.39 is 0 Å². The van der Waals surface area contributed by atoms with Gasteiger partial charge in [0.05, 0.1) is 5.92 Å². The number of piperidine rings is 1. The van der Waals surface area contributed by atoms with Gasteiger partial charge in [0.25, 0.3) is 0 Å². The van der Waals surface area contributed by atoms with E-state index in [1.54, 1.807) is 22.3 Å². The molecule has 3 rings (SSSR count). The van der Waals surface area contributed by atoms with Crippen LogP contribution in [0.2, 0.25) is 0 Å². The molecule has 124 valence electrons. The number of carbonyl (C=O) groups excluding carboxylic acids is 2. The van der Waals surface area contributed by atoms with E-state index in [1.165, 1.54) is 10.4 Å². The SMILES string of the molecule is NC(=O)C1CCCN(C(=O)/C=C/c2ccc(-c3ccccc3)s2)C1. The van der Waals surface area contributed by atoms with Crippen molar-refractivity contribution in [3.63, 3.8) is 0 Å². The van der Waals surface area contributed by atoms with Crippen molar-refractivity contribution in [2.24, 2.45) is 11.7 Å². The smallest absolute Gasteiger partial charge is 0.246 e. The monoisotopic (exact) mass is 340 g/mol. The molecule has 2 N–H and O–H groups in total. The van der Waals surface area contributed by atoms with Gasteiger partial charge >= 0.3 is 0 Å². The van der Waals surface area contributed by atoms with Crippen molar-refractivity contribution in [3.8, 4) is 10.4 Å². The van der Waals surface area contributed by atoms with Crippen LogP contribution in [0.15, 0.2) is 48.5 Å². The average molecular weight is 340 g/mol. The van der Waals surface area contributed by atoms with E-state index in [1.807, 2.05) is 30.3 Å². The van der Waals surface area contributed by atoms with Crippen molar-refractivity contribution in [1.29, 1.82) is 0 Å². The van der Waals surface area contributed by atoms with Crippen molar-refractivity contribution >= 4 is 29.2 Å². The first-order chi connectivity index (χ1) is 11.6. The van der Waals surface area contributed by atoms with E-state index in [-0.39, 0.29) is 17.7 Å². The summed E-state index contributed by atoms with van der Waals surface area (Å²) in [5, 5.41) is 0. The second kappa shape index (κ2) is 7.45. The maximum Gasteiger partial charge on any atom is 0.246 e. The van der Waals surface area contributed by atoms with Crippen LogP contribution in [0.25, 0.3) is 16.5 Å². The Labute approximate surface area is 145 Å². The number of amides is 2. The molecule has 1 unspecified atom stereocenters. The highest BCUT2D eigenvalue weighted by atomic mass is 32.1. The quantitative estimate of drug-likeness (QED) is 0.869. The summed E-state index contributed by atoms with van der Waals surface area (Å²) in [6.07, 6.45) is 5.02. The molecule has 0 radical (unpaired) electrons. The predicted molar refractivity (Wildman–Crippen MR) is 97.3 cm³/mol. The van der Waals surface area contributed by atoms with Gasteiger partial charge in [-0.15, -0.1) is 11.3 Å². The van der Waals surface area contributed by atoms with Crippen LogP contribution in [0.1, 0.15) is 17.7 Å². The second-order valence-corrected chi connectivity index (χ2v) is 7.04. The summed E-state index contributed by atoms with van der Waals surface area (Å²) in [6.45, 7) is 1.12. The van der Waals surface area contributed by atoms with Crippen molar-refractivity contribution in [2.45, 2.75) is 12.8 Å². The normalized spacial score (nSPS) is 18.0. The number of nitrogens with zero attached hydrogens (tertiary/aromatic N) is 1. The van der Waals surface area contributed by atoms with Crippen LogP contribution in [-0.2, 0) is 9.59 Å². The van der Waals surface area contributed by atoms with Gasteiger partial charge in [-0.25, -0.2) is 0 Å². The Balaban J connectivity index is 1.64. The zero-order valence-electron chi connectivity index (χ0n) is 13.4. The molecule has 1 fully saturated rings. The van der Waals surface area contributed by atoms with Crippen LogP contribution in [0, 0.1) is 5.92 Å². The number of nitrogens with two attached hydrogens (primary N) is 1. The molecule has 0 spiro atoms. The second-order valence-electron chi connectivity index (χ2n) is 5.93. The van der Waals surface area contributed by atoms with E-state index in [4.69, 9.17) is 5.73 Å². The molecule has 2 amide bonds. The fourth-order valence-electron chi connectivity index (χ4n) is 2.87.